The summed E-state index contributed by atoms with van der Waals surface area (Å²) < 4.78 is 35.7. The Morgan fingerprint density at radius 1 is 0.962 bits per heavy atom. The number of hydrogen-bond donors (Lipinski definition) is 1. The van der Waals surface area contributed by atoms with Gasteiger partial charge in [-0.3, -0.25) is 9.48 Å². The van der Waals surface area contributed by atoms with Crippen LogP contribution in [0.3, 0.4) is 0 Å². The number of pyridine rings is 1. The first-order valence-electron chi connectivity index (χ1n) is 17.9. The zero-order valence-electron chi connectivity index (χ0n) is 30.9. The minimum Gasteiger partial charge on any atom is -0.497 e. The third-order valence-corrected chi connectivity index (χ3v) is 10.0. The second-order valence-corrected chi connectivity index (χ2v) is 14.8. The van der Waals surface area contributed by atoms with Crippen LogP contribution in [0.5, 0.6) is 11.5 Å². The van der Waals surface area contributed by atoms with Crippen molar-refractivity contribution in [1.29, 1.82) is 0 Å². The van der Waals surface area contributed by atoms with E-state index in [1.807, 2.05) is 56.0 Å². The molecule has 0 unspecified atom stereocenters. The second kappa shape index (κ2) is 15.3. The van der Waals surface area contributed by atoms with Gasteiger partial charge >= 0.3 is 12.1 Å². The van der Waals surface area contributed by atoms with Gasteiger partial charge in [-0.15, -0.1) is 0 Å². The number of benzene rings is 2. The number of urea groups is 1. The van der Waals surface area contributed by atoms with E-state index in [-0.39, 0.29) is 35.5 Å². The maximum atomic E-state index is 16.0. The van der Waals surface area contributed by atoms with Crippen LogP contribution in [0.2, 0.25) is 0 Å². The molecule has 0 spiro atoms. The smallest absolute Gasteiger partial charge is 0.410 e. The number of aromatic nitrogens is 3. The summed E-state index contributed by atoms with van der Waals surface area (Å²) in [4.78, 5) is 42.4. The van der Waals surface area contributed by atoms with Crippen molar-refractivity contribution in [3.8, 4) is 22.6 Å². The fraction of sp³-hybridized carbons (Fsp3) is 0.487. The van der Waals surface area contributed by atoms with Crippen LogP contribution in [-0.4, -0.2) is 88.3 Å². The van der Waals surface area contributed by atoms with Crippen molar-refractivity contribution in [2.45, 2.75) is 71.1 Å². The maximum Gasteiger partial charge on any atom is 0.410 e. The van der Waals surface area contributed by atoms with Crippen molar-refractivity contribution in [3.05, 3.63) is 76.1 Å². The van der Waals surface area contributed by atoms with E-state index in [0.29, 0.717) is 85.3 Å². The van der Waals surface area contributed by atoms with Crippen molar-refractivity contribution in [3.63, 3.8) is 0 Å². The Hall–Kier alpha value is -5.07. The van der Waals surface area contributed by atoms with Crippen LogP contribution >= 0.6 is 0 Å². The predicted molar refractivity (Wildman–Crippen MR) is 196 cm³/mol. The number of piperidine rings is 2. The first-order valence-corrected chi connectivity index (χ1v) is 17.9. The van der Waals surface area contributed by atoms with Crippen LogP contribution in [0.4, 0.5) is 14.0 Å². The first kappa shape index (κ1) is 36.7. The van der Waals surface area contributed by atoms with Gasteiger partial charge in [0.1, 0.15) is 28.4 Å². The normalized spacial score (nSPS) is 15.9. The quantitative estimate of drug-likeness (QED) is 0.239. The van der Waals surface area contributed by atoms with Gasteiger partial charge < -0.3 is 33.9 Å². The lowest BCUT2D eigenvalue weighted by Crippen LogP contribution is -2.52. The Labute approximate surface area is 303 Å². The SMILES string of the molecule is COc1ccc(Cn2ncc3c(-c4cc(F)c(CC5CCN(C(=O)NC6CCN(C(=O)OC(C)(C)C)CC6)CC5)c(OC)c4)cn(C)c(=O)c32)cc1. The molecular weight excluding hydrogens is 667 g/mol. The molecule has 52 heavy (non-hydrogen) atoms. The lowest BCUT2D eigenvalue weighted by atomic mass is 9.88. The van der Waals surface area contributed by atoms with Gasteiger partial charge in [-0.25, -0.2) is 14.0 Å². The van der Waals surface area contributed by atoms with Crippen molar-refractivity contribution in [2.75, 3.05) is 40.4 Å². The Kier molecular flexibility index (Phi) is 10.8. The molecule has 278 valence electrons. The number of carbonyl (C=O) groups is 2. The van der Waals surface area contributed by atoms with Crippen molar-refractivity contribution >= 4 is 23.0 Å². The lowest BCUT2D eigenvalue weighted by molar-refractivity contribution is 0.0200. The highest BCUT2D eigenvalue weighted by Gasteiger charge is 2.30. The topological polar surface area (TPSA) is 120 Å². The molecule has 4 heterocycles. The Morgan fingerprint density at radius 3 is 2.27 bits per heavy atom. The van der Waals surface area contributed by atoms with E-state index in [9.17, 15) is 14.4 Å². The summed E-state index contributed by atoms with van der Waals surface area (Å²) in [6.07, 6.45) is 6.36. The molecule has 2 aliphatic heterocycles. The van der Waals surface area contributed by atoms with Crippen LogP contribution in [0.25, 0.3) is 22.0 Å². The number of methoxy groups -OCH3 is 2. The highest BCUT2D eigenvalue weighted by Crippen LogP contribution is 2.36. The molecule has 2 aliphatic rings. The van der Waals surface area contributed by atoms with E-state index >= 15 is 4.39 Å². The van der Waals surface area contributed by atoms with Gasteiger partial charge in [-0.05, 0) is 94.2 Å². The number of carbonyl (C=O) groups excluding carboxylic acids is 2. The summed E-state index contributed by atoms with van der Waals surface area (Å²) in [6, 6.07) is 10.8. The van der Waals surface area contributed by atoms with Gasteiger partial charge in [0.25, 0.3) is 5.56 Å². The van der Waals surface area contributed by atoms with Gasteiger partial charge in [0.15, 0.2) is 0 Å². The predicted octanol–water partition coefficient (Wildman–Crippen LogP) is 5.97. The number of rotatable bonds is 8. The van der Waals surface area contributed by atoms with Crippen molar-refractivity contribution in [2.24, 2.45) is 13.0 Å². The molecule has 0 bridgehead atoms. The van der Waals surface area contributed by atoms with Crippen molar-refractivity contribution < 1.29 is 28.2 Å². The minimum atomic E-state index is -0.544. The minimum absolute atomic E-state index is 0.00290. The zero-order valence-corrected chi connectivity index (χ0v) is 30.9. The van der Waals surface area contributed by atoms with Crippen LogP contribution in [0.15, 0.2) is 53.6 Å². The highest BCUT2D eigenvalue weighted by atomic mass is 19.1. The molecule has 2 fully saturated rings. The van der Waals surface area contributed by atoms with Gasteiger partial charge in [0.05, 0.1) is 27.0 Å². The van der Waals surface area contributed by atoms with E-state index in [1.54, 1.807) is 36.1 Å². The van der Waals surface area contributed by atoms with Gasteiger partial charge in [0, 0.05) is 62.0 Å². The molecule has 2 aromatic carbocycles. The number of nitrogens with one attached hydrogen (secondary N) is 1. The number of halogens is 1. The summed E-state index contributed by atoms with van der Waals surface area (Å²) in [7, 11) is 4.83. The van der Waals surface area contributed by atoms with Crippen LogP contribution in [0.1, 0.15) is 57.6 Å². The molecule has 3 amide bonds. The monoisotopic (exact) mass is 716 g/mol. The molecule has 2 saturated heterocycles. The molecule has 0 radical (unpaired) electrons. The summed E-state index contributed by atoms with van der Waals surface area (Å²) in [5.74, 6) is 0.988. The van der Waals surface area contributed by atoms with Crippen LogP contribution < -0.4 is 20.3 Å². The van der Waals surface area contributed by atoms with E-state index in [1.165, 1.54) is 17.7 Å². The van der Waals surface area contributed by atoms with Gasteiger partial charge in [-0.1, -0.05) is 12.1 Å². The lowest BCUT2D eigenvalue weighted by Gasteiger charge is -2.36. The number of ether oxygens (including phenoxy) is 3. The molecule has 12 nitrogen and oxygen atoms in total. The summed E-state index contributed by atoms with van der Waals surface area (Å²) >= 11 is 0. The molecule has 6 rings (SSSR count). The maximum absolute atomic E-state index is 16.0. The molecule has 0 aliphatic carbocycles. The van der Waals surface area contributed by atoms with Gasteiger partial charge in [-0.2, -0.15) is 5.10 Å². The highest BCUT2D eigenvalue weighted by molar-refractivity contribution is 5.94. The number of likely N-dealkylation sites (tertiary alicyclic amines) is 2. The molecule has 0 saturated carbocycles. The summed E-state index contributed by atoms with van der Waals surface area (Å²) in [6.45, 7) is 8.16. The Bertz CT molecular complexity index is 1970. The Morgan fingerprint density at radius 2 is 1.63 bits per heavy atom. The second-order valence-electron chi connectivity index (χ2n) is 14.8. The third kappa shape index (κ3) is 8.18. The molecular formula is C39H49FN6O6. The first-order chi connectivity index (χ1) is 24.8. The number of aryl methyl sites for hydroxylation is 1. The zero-order chi connectivity index (χ0) is 37.2. The third-order valence-electron chi connectivity index (χ3n) is 10.0. The Balaban J connectivity index is 1.09. The van der Waals surface area contributed by atoms with E-state index in [4.69, 9.17) is 14.2 Å². The number of amides is 3. The molecule has 1 N–H and O–H groups in total. The molecule has 2 aromatic heterocycles. The molecule has 13 heteroatoms. The largest absolute Gasteiger partial charge is 0.497 e. The van der Waals surface area contributed by atoms with E-state index < -0.39 is 5.60 Å². The molecule has 0 atom stereocenters. The number of fused-ring (bicyclic) bond motifs is 1. The standard InChI is InChI=1S/C39H49FN6O6/c1-39(2,3)52-38(49)45-17-13-28(14-18-45)42-37(48)44-15-11-25(12-16-44)19-30-33(40)20-27(21-34(30)51-6)32-24-43(4)36(47)35-31(32)22-41-46(35)23-26-7-9-29(50-5)10-8-26/h7-10,20-22,24-25,28H,11-19,23H2,1-6H3,(H,42,48). The number of hydrogen-bond acceptors (Lipinski definition) is 7. The van der Waals surface area contributed by atoms with E-state index in [2.05, 4.69) is 10.4 Å². The van der Waals surface area contributed by atoms with Crippen LogP contribution in [0, 0.1) is 11.7 Å². The van der Waals surface area contributed by atoms with Crippen molar-refractivity contribution in [1.82, 2.24) is 29.5 Å². The average Bonchev–Trinajstić information content (AvgIpc) is 3.54. The van der Waals surface area contributed by atoms with Crippen LogP contribution in [-0.2, 0) is 24.8 Å². The molecule has 4 aromatic rings. The fourth-order valence-corrected chi connectivity index (χ4v) is 7.13. The summed E-state index contributed by atoms with van der Waals surface area (Å²) in [5.41, 5.74) is 2.42. The average molecular weight is 717 g/mol. The number of nitrogens with zero attached hydrogens (tertiary/aromatic N) is 5. The summed E-state index contributed by atoms with van der Waals surface area (Å²) in [5, 5.41) is 8.32. The fourth-order valence-electron chi connectivity index (χ4n) is 7.13. The van der Waals surface area contributed by atoms with E-state index in [0.717, 1.165) is 24.2 Å². The van der Waals surface area contributed by atoms with Gasteiger partial charge in [0.2, 0.25) is 0 Å².